The molecule has 0 fully saturated rings. The van der Waals surface area contributed by atoms with Crippen LogP contribution in [0.15, 0.2) is 54.6 Å². The van der Waals surface area contributed by atoms with Crippen LogP contribution in [0.3, 0.4) is 0 Å². The Morgan fingerprint density at radius 3 is 2.21 bits per heavy atom. The summed E-state index contributed by atoms with van der Waals surface area (Å²) in [5.74, 6) is -0.234. The molecule has 2 aromatic heterocycles. The van der Waals surface area contributed by atoms with E-state index in [-0.39, 0.29) is 11.6 Å². The molecule has 4 aromatic rings. The minimum absolute atomic E-state index is 0.0350. The largest absolute Gasteiger partial charge is 0.319 e. The van der Waals surface area contributed by atoms with Crippen molar-refractivity contribution in [2.24, 2.45) is 0 Å². The minimum Gasteiger partial charge on any atom is -0.319 e. The van der Waals surface area contributed by atoms with E-state index in [0.29, 0.717) is 29.2 Å². The average molecular weight is 444 g/mol. The number of carbonyl (C=O) groups is 1. The molecule has 0 atom stereocenters. The molecular weight excluding hydrogens is 420 g/mol. The van der Waals surface area contributed by atoms with Crippen LogP contribution in [0.1, 0.15) is 38.7 Å². The monoisotopic (exact) mass is 444 g/mol. The third kappa shape index (κ3) is 4.25. The topological polar surface area (TPSA) is 108 Å². The van der Waals surface area contributed by atoms with Crippen LogP contribution in [0.25, 0.3) is 5.69 Å². The van der Waals surface area contributed by atoms with Crippen molar-refractivity contribution < 1.29 is 9.72 Å². The zero-order chi connectivity index (χ0) is 23.7. The van der Waals surface area contributed by atoms with Crippen molar-refractivity contribution in [2.45, 2.75) is 34.2 Å². The van der Waals surface area contributed by atoms with E-state index in [0.717, 1.165) is 22.6 Å². The highest BCUT2D eigenvalue weighted by atomic mass is 16.6. The minimum atomic E-state index is -0.411. The fraction of sp³-hybridized carbons (Fsp3) is 0.208. The summed E-state index contributed by atoms with van der Waals surface area (Å²) in [4.78, 5) is 23.7. The molecule has 0 spiro atoms. The smallest absolute Gasteiger partial charge is 0.312 e. The van der Waals surface area contributed by atoms with Gasteiger partial charge in [-0.25, -0.2) is 4.68 Å². The number of carbonyl (C=O) groups excluding carboxylic acids is 1. The van der Waals surface area contributed by atoms with Crippen LogP contribution < -0.4 is 5.32 Å². The lowest BCUT2D eigenvalue weighted by molar-refractivity contribution is -0.386. The van der Waals surface area contributed by atoms with E-state index >= 15 is 0 Å². The van der Waals surface area contributed by atoms with Gasteiger partial charge in [-0.05, 0) is 57.5 Å². The fourth-order valence-corrected chi connectivity index (χ4v) is 3.87. The Morgan fingerprint density at radius 1 is 0.939 bits per heavy atom. The Morgan fingerprint density at radius 2 is 1.61 bits per heavy atom. The van der Waals surface area contributed by atoms with Gasteiger partial charge in [-0.1, -0.05) is 30.3 Å². The number of nitrogens with zero attached hydrogens (tertiary/aromatic N) is 5. The predicted molar refractivity (Wildman–Crippen MR) is 125 cm³/mol. The second-order valence-corrected chi connectivity index (χ2v) is 7.88. The molecule has 1 N–H and O–H groups in total. The Hall–Kier alpha value is -4.27. The zero-order valence-electron chi connectivity index (χ0n) is 18.9. The Bertz CT molecular complexity index is 1340. The molecule has 0 unspecified atom stereocenters. The standard InChI is InChI=1S/C24H24N6O3/c1-15-22(17(3)29(27-15)21-8-6-5-7-9-21)25-24(31)20-12-10-19(11-13-20)14-28-18(4)23(30(32)33)16(2)26-28/h5-13H,14H2,1-4H3,(H,25,31). The van der Waals surface area contributed by atoms with Gasteiger partial charge < -0.3 is 5.32 Å². The van der Waals surface area contributed by atoms with Crippen molar-refractivity contribution in [3.63, 3.8) is 0 Å². The summed E-state index contributed by atoms with van der Waals surface area (Å²) in [6, 6.07) is 16.9. The Kier molecular flexibility index (Phi) is 5.78. The van der Waals surface area contributed by atoms with E-state index in [2.05, 4.69) is 15.5 Å². The summed E-state index contributed by atoms with van der Waals surface area (Å²) >= 11 is 0. The maximum atomic E-state index is 12.9. The molecule has 0 radical (unpaired) electrons. The number of rotatable bonds is 6. The molecule has 2 heterocycles. The van der Waals surface area contributed by atoms with E-state index in [9.17, 15) is 14.9 Å². The highest BCUT2D eigenvalue weighted by Crippen LogP contribution is 2.24. The summed E-state index contributed by atoms with van der Waals surface area (Å²) in [5.41, 5.74) is 5.49. The number of nitro groups is 1. The number of anilines is 1. The van der Waals surface area contributed by atoms with Crippen molar-refractivity contribution in [1.82, 2.24) is 19.6 Å². The fourth-order valence-electron chi connectivity index (χ4n) is 3.87. The first kappa shape index (κ1) is 21.9. The van der Waals surface area contributed by atoms with E-state index < -0.39 is 4.92 Å². The van der Waals surface area contributed by atoms with Gasteiger partial charge in [0.25, 0.3) is 5.91 Å². The number of aromatic nitrogens is 4. The van der Waals surface area contributed by atoms with Crippen LogP contribution in [0, 0.1) is 37.8 Å². The van der Waals surface area contributed by atoms with E-state index in [1.807, 2.05) is 61.0 Å². The zero-order valence-corrected chi connectivity index (χ0v) is 18.9. The SMILES string of the molecule is Cc1nn(-c2ccccc2)c(C)c1NC(=O)c1ccc(Cn2nc(C)c([N+](=O)[O-])c2C)cc1. The molecule has 0 aliphatic rings. The number of hydrogen-bond acceptors (Lipinski definition) is 5. The lowest BCUT2D eigenvalue weighted by Gasteiger charge is -2.08. The van der Waals surface area contributed by atoms with Crippen LogP contribution in [0.5, 0.6) is 0 Å². The molecule has 0 saturated carbocycles. The van der Waals surface area contributed by atoms with Crippen molar-refractivity contribution in [3.8, 4) is 5.69 Å². The van der Waals surface area contributed by atoms with Crippen molar-refractivity contribution in [3.05, 3.63) is 98.6 Å². The molecule has 33 heavy (non-hydrogen) atoms. The van der Waals surface area contributed by atoms with Gasteiger partial charge in [-0.2, -0.15) is 10.2 Å². The Balaban J connectivity index is 1.50. The third-order valence-corrected chi connectivity index (χ3v) is 5.60. The van der Waals surface area contributed by atoms with Crippen LogP contribution in [-0.4, -0.2) is 30.4 Å². The molecule has 0 saturated heterocycles. The summed E-state index contributed by atoms with van der Waals surface area (Å²) < 4.78 is 3.41. The molecule has 168 valence electrons. The van der Waals surface area contributed by atoms with Gasteiger partial charge >= 0.3 is 5.69 Å². The number of para-hydroxylation sites is 1. The number of benzene rings is 2. The molecular formula is C24H24N6O3. The predicted octanol–water partition coefficient (Wildman–Crippen LogP) is 4.51. The number of nitrogens with one attached hydrogen (secondary N) is 1. The first-order chi connectivity index (χ1) is 15.8. The molecule has 0 aliphatic carbocycles. The molecule has 2 aromatic carbocycles. The molecule has 0 bridgehead atoms. The molecule has 9 heteroatoms. The average Bonchev–Trinajstić information content (AvgIpc) is 3.24. The quantitative estimate of drug-likeness (QED) is 0.348. The van der Waals surface area contributed by atoms with Crippen molar-refractivity contribution in [1.29, 1.82) is 0 Å². The van der Waals surface area contributed by atoms with Gasteiger partial charge in [0.15, 0.2) is 0 Å². The van der Waals surface area contributed by atoms with Crippen LogP contribution in [0.2, 0.25) is 0 Å². The number of hydrogen-bond donors (Lipinski definition) is 1. The molecule has 0 aliphatic heterocycles. The number of amides is 1. The lowest BCUT2D eigenvalue weighted by atomic mass is 10.1. The summed E-state index contributed by atoms with van der Waals surface area (Å²) in [6.07, 6.45) is 0. The van der Waals surface area contributed by atoms with Gasteiger partial charge in [0.1, 0.15) is 11.4 Å². The molecule has 1 amide bonds. The normalized spacial score (nSPS) is 10.9. The van der Waals surface area contributed by atoms with Crippen LogP contribution >= 0.6 is 0 Å². The second kappa shape index (κ2) is 8.70. The lowest BCUT2D eigenvalue weighted by Crippen LogP contribution is -2.13. The number of aryl methyl sites for hydroxylation is 2. The van der Waals surface area contributed by atoms with E-state index in [1.165, 1.54) is 0 Å². The molecule has 9 nitrogen and oxygen atoms in total. The Labute approximate surface area is 190 Å². The highest BCUT2D eigenvalue weighted by Gasteiger charge is 2.22. The first-order valence-corrected chi connectivity index (χ1v) is 10.5. The molecule has 4 rings (SSSR count). The van der Waals surface area contributed by atoms with Gasteiger partial charge in [0, 0.05) is 5.56 Å². The van der Waals surface area contributed by atoms with Gasteiger partial charge in [-0.3, -0.25) is 19.6 Å². The van der Waals surface area contributed by atoms with Crippen LogP contribution in [0.4, 0.5) is 11.4 Å². The van der Waals surface area contributed by atoms with Crippen LogP contribution in [-0.2, 0) is 6.54 Å². The summed E-state index contributed by atoms with van der Waals surface area (Å²) in [5, 5.41) is 23.0. The van der Waals surface area contributed by atoms with E-state index in [4.69, 9.17) is 0 Å². The highest BCUT2D eigenvalue weighted by molar-refractivity contribution is 6.04. The second-order valence-electron chi connectivity index (χ2n) is 7.88. The van der Waals surface area contributed by atoms with E-state index in [1.54, 1.807) is 30.7 Å². The summed E-state index contributed by atoms with van der Waals surface area (Å²) in [6.45, 7) is 7.46. The maximum absolute atomic E-state index is 12.9. The first-order valence-electron chi connectivity index (χ1n) is 10.5. The van der Waals surface area contributed by atoms with Gasteiger partial charge in [-0.15, -0.1) is 0 Å². The van der Waals surface area contributed by atoms with Crippen molar-refractivity contribution in [2.75, 3.05) is 5.32 Å². The third-order valence-electron chi connectivity index (χ3n) is 5.60. The maximum Gasteiger partial charge on any atom is 0.312 e. The van der Waals surface area contributed by atoms with Gasteiger partial charge in [0.2, 0.25) is 0 Å². The van der Waals surface area contributed by atoms with Gasteiger partial charge in [0.05, 0.1) is 34.2 Å². The van der Waals surface area contributed by atoms with Crippen molar-refractivity contribution >= 4 is 17.3 Å². The summed E-state index contributed by atoms with van der Waals surface area (Å²) in [7, 11) is 0.